The van der Waals surface area contributed by atoms with E-state index < -0.39 is 36.9 Å². The first-order valence-corrected chi connectivity index (χ1v) is 20.5. The molecule has 0 spiro atoms. The van der Waals surface area contributed by atoms with Crippen LogP contribution in [0.15, 0.2) is 49.1 Å². The first-order valence-electron chi connectivity index (χ1n) is 20.5. The third kappa shape index (κ3) is 13.1. The Hall–Kier alpha value is -4.47. The minimum Gasteiger partial charge on any atom is -0.487 e. The second kappa shape index (κ2) is 20.6. The summed E-state index contributed by atoms with van der Waals surface area (Å²) in [5, 5.41) is 0. The molecule has 56 heavy (non-hydrogen) atoms. The molecule has 0 saturated carbocycles. The van der Waals surface area contributed by atoms with Crippen molar-refractivity contribution in [3.05, 3.63) is 82.4 Å². The SMILES string of the molecule is Cc1c(C)c2c(c(C)c1OC(=O)OCC(C)(COC(=O)c1cccnc1)OC(=O)c1cccnc1)CCC(C)(CCCC(C)CCCC(C)CCCC(C)C)O2. The lowest BCUT2D eigenvalue weighted by atomic mass is 9.83. The summed E-state index contributed by atoms with van der Waals surface area (Å²) in [5.41, 5.74) is 2.15. The summed E-state index contributed by atoms with van der Waals surface area (Å²) in [6.45, 7) is 18.1. The Morgan fingerprint density at radius 1 is 0.786 bits per heavy atom. The second-order valence-electron chi connectivity index (χ2n) is 17.0. The predicted molar refractivity (Wildman–Crippen MR) is 217 cm³/mol. The fourth-order valence-electron chi connectivity index (χ4n) is 7.39. The van der Waals surface area contributed by atoms with Gasteiger partial charge in [-0.25, -0.2) is 14.4 Å². The molecule has 10 nitrogen and oxygen atoms in total. The van der Waals surface area contributed by atoms with Gasteiger partial charge < -0.3 is 23.7 Å². The standard InChI is InChI=1S/C46H64N2O8/c1-31(2)15-10-16-32(3)17-11-18-33(4)19-12-23-45(8)24-22-39-36(7)40(34(5)35(6)41(39)55-45)54-44(51)53-30-46(9,56-43(50)38-21-14-26-48-28-38)29-52-42(49)37-20-13-25-47-27-37/h13-14,20-21,25-28,31-33H,10-12,15-19,22-24,29-30H2,1-9H3. The monoisotopic (exact) mass is 772 g/mol. The molecule has 3 aromatic rings. The third-order valence-corrected chi connectivity index (χ3v) is 11.2. The molecule has 4 atom stereocenters. The zero-order valence-electron chi connectivity index (χ0n) is 35.2. The number of ether oxygens (including phenoxy) is 5. The number of pyridine rings is 2. The molecule has 4 rings (SSSR count). The maximum Gasteiger partial charge on any atom is 0.514 e. The van der Waals surface area contributed by atoms with E-state index in [9.17, 15) is 14.4 Å². The predicted octanol–water partition coefficient (Wildman–Crippen LogP) is 10.9. The summed E-state index contributed by atoms with van der Waals surface area (Å²) in [7, 11) is 0. The Morgan fingerprint density at radius 3 is 1.95 bits per heavy atom. The normalized spacial score (nSPS) is 17.2. The molecule has 4 unspecified atom stereocenters. The molecule has 2 aromatic heterocycles. The van der Waals surface area contributed by atoms with Crippen molar-refractivity contribution in [1.82, 2.24) is 9.97 Å². The Bertz CT molecular complexity index is 1750. The number of hydrogen-bond acceptors (Lipinski definition) is 10. The van der Waals surface area contributed by atoms with Gasteiger partial charge in [0, 0.05) is 30.4 Å². The average molecular weight is 773 g/mol. The molecule has 0 radical (unpaired) electrons. The minimum absolute atomic E-state index is 0.187. The lowest BCUT2D eigenvalue weighted by molar-refractivity contribution is -0.0762. The first-order chi connectivity index (χ1) is 26.6. The minimum atomic E-state index is -1.55. The Balaban J connectivity index is 1.34. The van der Waals surface area contributed by atoms with Crippen LogP contribution in [0.2, 0.25) is 0 Å². The molecular formula is C46H64N2O8. The average Bonchev–Trinajstić information content (AvgIpc) is 3.17. The van der Waals surface area contributed by atoms with E-state index in [0.717, 1.165) is 65.5 Å². The highest BCUT2D eigenvalue weighted by atomic mass is 16.7. The van der Waals surface area contributed by atoms with Crippen LogP contribution in [0, 0.1) is 38.5 Å². The van der Waals surface area contributed by atoms with Crippen molar-refractivity contribution in [2.24, 2.45) is 17.8 Å². The molecule has 0 amide bonds. The summed E-state index contributed by atoms with van der Waals surface area (Å²) >= 11 is 0. The molecule has 306 valence electrons. The highest BCUT2D eigenvalue weighted by molar-refractivity contribution is 5.90. The Kier molecular flexibility index (Phi) is 16.3. The van der Waals surface area contributed by atoms with E-state index in [-0.39, 0.29) is 16.7 Å². The number of benzene rings is 1. The van der Waals surface area contributed by atoms with Gasteiger partial charge in [-0.15, -0.1) is 0 Å². The van der Waals surface area contributed by atoms with Gasteiger partial charge in [-0.3, -0.25) is 9.97 Å². The van der Waals surface area contributed by atoms with Crippen LogP contribution >= 0.6 is 0 Å². The highest BCUT2D eigenvalue weighted by Crippen LogP contribution is 2.45. The van der Waals surface area contributed by atoms with E-state index in [1.54, 1.807) is 24.3 Å². The highest BCUT2D eigenvalue weighted by Gasteiger charge is 2.37. The van der Waals surface area contributed by atoms with Crippen LogP contribution in [0.1, 0.15) is 149 Å². The maximum atomic E-state index is 13.3. The number of fused-ring (bicyclic) bond motifs is 1. The molecule has 1 aromatic carbocycles. The molecule has 3 heterocycles. The fraction of sp³-hybridized carbons (Fsp3) is 0.587. The van der Waals surface area contributed by atoms with Crippen LogP contribution < -0.4 is 9.47 Å². The number of hydrogen-bond donors (Lipinski definition) is 0. The molecule has 0 fully saturated rings. The second-order valence-corrected chi connectivity index (χ2v) is 17.0. The van der Waals surface area contributed by atoms with Crippen molar-refractivity contribution >= 4 is 18.1 Å². The summed E-state index contributed by atoms with van der Waals surface area (Å²) in [5.74, 6) is 2.22. The molecule has 1 aliphatic rings. The molecule has 0 N–H and O–H groups in total. The van der Waals surface area contributed by atoms with Crippen molar-refractivity contribution in [2.45, 2.75) is 144 Å². The van der Waals surface area contributed by atoms with E-state index >= 15 is 0 Å². The molecule has 0 aliphatic carbocycles. The van der Waals surface area contributed by atoms with Crippen LogP contribution in [0.3, 0.4) is 0 Å². The topological polar surface area (TPSA) is 123 Å². The van der Waals surface area contributed by atoms with E-state index in [0.29, 0.717) is 11.7 Å². The Labute approximate surface area is 334 Å². The number of nitrogens with zero attached hydrogens (tertiary/aromatic N) is 2. The van der Waals surface area contributed by atoms with Crippen molar-refractivity contribution < 1.29 is 38.1 Å². The Morgan fingerprint density at radius 2 is 1.36 bits per heavy atom. The smallest absolute Gasteiger partial charge is 0.487 e. The zero-order chi connectivity index (χ0) is 40.9. The van der Waals surface area contributed by atoms with Gasteiger partial charge >= 0.3 is 18.1 Å². The molecular weight excluding hydrogens is 709 g/mol. The van der Waals surface area contributed by atoms with E-state index in [2.05, 4.69) is 44.6 Å². The largest absolute Gasteiger partial charge is 0.514 e. The van der Waals surface area contributed by atoms with Gasteiger partial charge in [0.2, 0.25) is 0 Å². The van der Waals surface area contributed by atoms with Crippen LogP contribution in [0.25, 0.3) is 0 Å². The van der Waals surface area contributed by atoms with Crippen LogP contribution in [0.4, 0.5) is 4.79 Å². The molecule has 10 heteroatoms. The summed E-state index contributed by atoms with van der Waals surface area (Å²) in [4.78, 5) is 46.9. The van der Waals surface area contributed by atoms with E-state index in [4.69, 9.17) is 23.7 Å². The van der Waals surface area contributed by atoms with Gasteiger partial charge in [0.05, 0.1) is 11.1 Å². The van der Waals surface area contributed by atoms with Crippen LogP contribution in [0.5, 0.6) is 11.5 Å². The summed E-state index contributed by atoms with van der Waals surface area (Å²) in [6, 6.07) is 6.30. The van der Waals surface area contributed by atoms with Crippen molar-refractivity contribution in [3.63, 3.8) is 0 Å². The lowest BCUT2D eigenvalue weighted by Gasteiger charge is -2.38. The summed E-state index contributed by atoms with van der Waals surface area (Å²) in [6.07, 6.45) is 17.8. The zero-order valence-corrected chi connectivity index (χ0v) is 35.2. The fourth-order valence-corrected chi connectivity index (χ4v) is 7.39. The van der Waals surface area contributed by atoms with E-state index in [1.807, 2.05) is 20.8 Å². The quantitative estimate of drug-likeness (QED) is 0.0623. The van der Waals surface area contributed by atoms with Gasteiger partial charge in [-0.2, -0.15) is 0 Å². The number of aromatic nitrogens is 2. The number of carbonyl (C=O) groups is 3. The number of esters is 2. The molecule has 1 aliphatic heterocycles. The van der Waals surface area contributed by atoms with Crippen LogP contribution in [-0.2, 0) is 20.6 Å². The maximum absolute atomic E-state index is 13.3. The number of rotatable bonds is 20. The first kappa shape index (κ1) is 44.2. The summed E-state index contributed by atoms with van der Waals surface area (Å²) < 4.78 is 29.4. The number of carbonyl (C=O) groups excluding carboxylic acids is 3. The van der Waals surface area contributed by atoms with Gasteiger partial charge in [0.25, 0.3) is 0 Å². The van der Waals surface area contributed by atoms with Crippen molar-refractivity contribution in [2.75, 3.05) is 13.2 Å². The van der Waals surface area contributed by atoms with Crippen molar-refractivity contribution in [3.8, 4) is 11.5 Å². The van der Waals surface area contributed by atoms with Gasteiger partial charge in [0.15, 0.2) is 5.60 Å². The van der Waals surface area contributed by atoms with Gasteiger partial charge in [0.1, 0.15) is 30.3 Å². The molecule has 0 saturated heterocycles. The van der Waals surface area contributed by atoms with Crippen molar-refractivity contribution in [1.29, 1.82) is 0 Å². The van der Waals surface area contributed by atoms with Crippen LogP contribution in [-0.4, -0.2) is 52.5 Å². The molecule has 0 bridgehead atoms. The third-order valence-electron chi connectivity index (χ3n) is 11.2. The lowest BCUT2D eigenvalue weighted by Crippen LogP contribution is -2.43. The van der Waals surface area contributed by atoms with E-state index in [1.165, 1.54) is 76.7 Å². The van der Waals surface area contributed by atoms with Gasteiger partial charge in [-0.05, 0) is 119 Å². The van der Waals surface area contributed by atoms with Gasteiger partial charge in [-0.1, -0.05) is 72.6 Å².